The Hall–Kier alpha value is -3.91. The van der Waals surface area contributed by atoms with Gasteiger partial charge in [0.25, 0.3) is 5.91 Å². The highest BCUT2D eigenvalue weighted by Gasteiger charge is 2.39. The maximum atomic E-state index is 13.1. The Labute approximate surface area is 234 Å². The average Bonchev–Trinajstić information content (AvgIpc) is 3.21. The van der Waals surface area contributed by atoms with Crippen LogP contribution in [0, 0.1) is 11.3 Å². The van der Waals surface area contributed by atoms with Crippen molar-refractivity contribution in [3.8, 4) is 0 Å². The number of carbonyl (C=O) groups is 3. The van der Waals surface area contributed by atoms with Crippen LogP contribution in [-0.4, -0.2) is 54.8 Å². The van der Waals surface area contributed by atoms with Crippen LogP contribution in [0.5, 0.6) is 0 Å². The predicted octanol–water partition coefficient (Wildman–Crippen LogP) is 4.08. The number of amidine groups is 1. The van der Waals surface area contributed by atoms with Crippen molar-refractivity contribution in [3.63, 3.8) is 0 Å². The summed E-state index contributed by atoms with van der Waals surface area (Å²) in [6.45, 7) is 1.02. The van der Waals surface area contributed by atoms with Crippen LogP contribution in [-0.2, 0) is 20.7 Å². The van der Waals surface area contributed by atoms with Gasteiger partial charge in [0.1, 0.15) is 5.84 Å². The molecule has 0 unspecified atom stereocenters. The van der Waals surface area contributed by atoms with Gasteiger partial charge in [-0.15, -0.1) is 12.4 Å². The number of nitrogens with two attached hydrogens (primary N) is 1. The maximum Gasteiger partial charge on any atom is 0.306 e. The Kier molecular flexibility index (Phi) is 10.5. The van der Waals surface area contributed by atoms with Gasteiger partial charge in [0, 0.05) is 30.3 Å². The summed E-state index contributed by atoms with van der Waals surface area (Å²) in [5.74, 6) is -0.969. The minimum absolute atomic E-state index is 0. The maximum absolute atomic E-state index is 13.1. The number of likely N-dealkylation sites (tertiary alicyclic amines) is 1. The predicted molar refractivity (Wildman–Crippen MR) is 154 cm³/mol. The van der Waals surface area contributed by atoms with E-state index in [1.807, 2.05) is 47.4 Å². The van der Waals surface area contributed by atoms with Gasteiger partial charge in [-0.3, -0.25) is 19.8 Å². The fourth-order valence-corrected chi connectivity index (χ4v) is 5.10. The molecule has 0 bridgehead atoms. The Morgan fingerprint density at radius 3 is 2.38 bits per heavy atom. The van der Waals surface area contributed by atoms with Gasteiger partial charge < -0.3 is 20.7 Å². The number of nitrogens with zero attached hydrogens (tertiary/aromatic N) is 1. The van der Waals surface area contributed by atoms with Crippen LogP contribution in [0.3, 0.4) is 0 Å². The molecular weight excluding hydrogens is 516 g/mol. The summed E-state index contributed by atoms with van der Waals surface area (Å²) in [5.41, 5.74) is 7.98. The third-order valence-electron chi connectivity index (χ3n) is 7.15. The molecule has 0 radical (unpaired) electrons. The van der Waals surface area contributed by atoms with Crippen molar-refractivity contribution in [2.24, 2.45) is 11.7 Å². The van der Waals surface area contributed by atoms with Gasteiger partial charge in [-0.1, -0.05) is 48.5 Å². The number of benzene rings is 3. The molecule has 8 nitrogen and oxygen atoms in total. The number of carbonyl (C=O) groups excluding carboxylic acids is 3. The van der Waals surface area contributed by atoms with Crippen molar-refractivity contribution in [1.82, 2.24) is 10.2 Å². The lowest BCUT2D eigenvalue weighted by Crippen LogP contribution is -2.37. The molecular formula is C30H35ClN4O4. The lowest BCUT2D eigenvalue weighted by molar-refractivity contribution is -0.144. The minimum atomic E-state index is -0.389. The molecule has 9 heteroatoms. The second kappa shape index (κ2) is 13.8. The molecule has 4 rings (SSSR count). The number of rotatable bonds is 11. The average molecular weight is 551 g/mol. The zero-order valence-electron chi connectivity index (χ0n) is 22.0. The number of halogens is 1. The number of fused-ring (bicyclic) bond motifs is 1. The summed E-state index contributed by atoms with van der Waals surface area (Å²) in [6, 6.07) is 21.0. The number of hydrogen-bond donors (Lipinski definition) is 3. The van der Waals surface area contributed by atoms with Gasteiger partial charge >= 0.3 is 5.97 Å². The lowest BCUT2D eigenvalue weighted by atomic mass is 10.00. The highest BCUT2D eigenvalue weighted by molar-refractivity contribution is 6.02. The first-order valence-corrected chi connectivity index (χ1v) is 12.9. The number of nitrogens with one attached hydrogen (secondary N) is 2. The number of methoxy groups -OCH3 is 1. The SMILES string of the molecule is COC(=O)C[C@@H]1C[C@@H](CCNC(=O)c2ccc3cc(C(=N)N)ccc3c2)N(CCCc2ccccc2)C1=O.Cl. The van der Waals surface area contributed by atoms with E-state index in [0.717, 1.165) is 23.6 Å². The quantitative estimate of drug-likeness (QED) is 0.188. The second-order valence-electron chi connectivity index (χ2n) is 9.72. The summed E-state index contributed by atoms with van der Waals surface area (Å²) >= 11 is 0. The molecule has 39 heavy (non-hydrogen) atoms. The third-order valence-corrected chi connectivity index (χ3v) is 7.15. The first-order chi connectivity index (χ1) is 18.4. The molecule has 4 N–H and O–H groups in total. The first kappa shape index (κ1) is 29.6. The number of ether oxygens (including phenoxy) is 1. The smallest absolute Gasteiger partial charge is 0.306 e. The van der Waals surface area contributed by atoms with Crippen molar-refractivity contribution in [3.05, 3.63) is 83.4 Å². The molecule has 1 saturated heterocycles. The van der Waals surface area contributed by atoms with Crippen molar-refractivity contribution in [2.45, 2.75) is 38.1 Å². The first-order valence-electron chi connectivity index (χ1n) is 12.9. The van der Waals surface area contributed by atoms with E-state index < -0.39 is 0 Å². The van der Waals surface area contributed by atoms with Gasteiger partial charge in [-0.05, 0) is 60.2 Å². The Balaban J connectivity index is 0.00000420. The molecule has 3 aromatic rings. The number of esters is 1. The Morgan fingerprint density at radius 2 is 1.72 bits per heavy atom. The zero-order chi connectivity index (χ0) is 27.1. The topological polar surface area (TPSA) is 126 Å². The van der Waals surface area contributed by atoms with Gasteiger partial charge in [-0.25, -0.2) is 0 Å². The Morgan fingerprint density at radius 1 is 1.05 bits per heavy atom. The van der Waals surface area contributed by atoms with Gasteiger partial charge in [0.2, 0.25) is 5.91 Å². The van der Waals surface area contributed by atoms with Crippen LogP contribution in [0.2, 0.25) is 0 Å². The molecule has 2 amide bonds. The van der Waals surface area contributed by atoms with Crippen molar-refractivity contribution >= 4 is 46.8 Å². The molecule has 206 valence electrons. The summed E-state index contributed by atoms with van der Waals surface area (Å²) in [5, 5.41) is 12.4. The van der Waals surface area contributed by atoms with Crippen LogP contribution in [0.4, 0.5) is 0 Å². The van der Waals surface area contributed by atoms with Crippen LogP contribution < -0.4 is 11.1 Å². The molecule has 0 spiro atoms. The van der Waals surface area contributed by atoms with E-state index in [-0.39, 0.29) is 54.4 Å². The summed E-state index contributed by atoms with van der Waals surface area (Å²) in [7, 11) is 1.33. The van der Waals surface area contributed by atoms with Crippen molar-refractivity contribution in [2.75, 3.05) is 20.2 Å². The number of aryl methyl sites for hydroxylation is 1. The number of nitrogen functional groups attached to an aromatic ring is 1. The van der Waals surface area contributed by atoms with Crippen LogP contribution >= 0.6 is 12.4 Å². The molecule has 0 aromatic heterocycles. The highest BCUT2D eigenvalue weighted by Crippen LogP contribution is 2.30. The normalized spacial score (nSPS) is 16.5. The van der Waals surface area contributed by atoms with E-state index in [0.29, 0.717) is 37.1 Å². The van der Waals surface area contributed by atoms with Gasteiger partial charge in [-0.2, -0.15) is 0 Å². The third kappa shape index (κ3) is 7.57. The second-order valence-corrected chi connectivity index (χ2v) is 9.72. The molecule has 0 saturated carbocycles. The lowest BCUT2D eigenvalue weighted by Gasteiger charge is -2.25. The summed E-state index contributed by atoms with van der Waals surface area (Å²) in [4.78, 5) is 39.7. The van der Waals surface area contributed by atoms with Gasteiger partial charge in [0.05, 0.1) is 19.4 Å². The van der Waals surface area contributed by atoms with Crippen LogP contribution in [0.25, 0.3) is 10.8 Å². The molecule has 1 aliphatic rings. The highest BCUT2D eigenvalue weighted by atomic mass is 35.5. The Bertz CT molecular complexity index is 1330. The van der Waals surface area contributed by atoms with Crippen LogP contribution in [0.1, 0.15) is 47.2 Å². The minimum Gasteiger partial charge on any atom is -0.469 e. The van der Waals surface area contributed by atoms with E-state index in [4.69, 9.17) is 15.9 Å². The van der Waals surface area contributed by atoms with E-state index in [2.05, 4.69) is 17.4 Å². The van der Waals surface area contributed by atoms with E-state index in [1.165, 1.54) is 12.7 Å². The molecule has 1 aliphatic heterocycles. The molecule has 0 aliphatic carbocycles. The van der Waals surface area contributed by atoms with Crippen LogP contribution in [0.15, 0.2) is 66.7 Å². The monoisotopic (exact) mass is 550 g/mol. The van der Waals surface area contributed by atoms with E-state index in [9.17, 15) is 14.4 Å². The zero-order valence-corrected chi connectivity index (χ0v) is 22.8. The van der Waals surface area contributed by atoms with E-state index in [1.54, 1.807) is 12.1 Å². The van der Waals surface area contributed by atoms with E-state index >= 15 is 0 Å². The van der Waals surface area contributed by atoms with Crippen molar-refractivity contribution in [1.29, 1.82) is 5.41 Å². The molecule has 2 atom stereocenters. The summed E-state index contributed by atoms with van der Waals surface area (Å²) < 4.78 is 4.80. The molecule has 1 heterocycles. The van der Waals surface area contributed by atoms with Gasteiger partial charge in [0.15, 0.2) is 0 Å². The molecule has 1 fully saturated rings. The standard InChI is InChI=1S/C30H34N4O4.ClH/c1-38-27(35)19-25-18-26(34(30(25)37)15-5-8-20-6-3-2-4-7-20)13-14-33-29(36)24-12-10-21-16-23(28(31)32)11-9-22(21)17-24;/h2-4,6-7,9-12,16-17,25-26H,5,8,13-15,18-19H2,1H3,(H3,31,32)(H,33,36);1H/t25-,26+;/m0./s1. The fraction of sp³-hybridized carbons (Fsp3) is 0.333. The van der Waals surface area contributed by atoms with Crippen molar-refractivity contribution < 1.29 is 19.1 Å². The fourth-order valence-electron chi connectivity index (χ4n) is 5.10. The molecule has 3 aromatic carbocycles. The largest absolute Gasteiger partial charge is 0.469 e. The summed E-state index contributed by atoms with van der Waals surface area (Å²) in [6.07, 6.45) is 2.95. The number of hydrogen-bond acceptors (Lipinski definition) is 5. The number of amides is 2.